The molecule has 2 rings (SSSR count). The van der Waals surface area contributed by atoms with Crippen molar-refractivity contribution in [1.82, 2.24) is 9.78 Å². The topological polar surface area (TPSA) is 70.1 Å². The molecule has 0 fully saturated rings. The molecule has 0 radical (unpaired) electrons. The molecule has 0 aliphatic rings. The number of hydrogen-bond acceptors (Lipinski definition) is 4. The van der Waals surface area contributed by atoms with E-state index in [2.05, 4.69) is 5.10 Å². The maximum Gasteiger partial charge on any atom is 0.155 e. The molecule has 1 unspecified atom stereocenters. The Bertz CT molecular complexity index is 592. The van der Waals surface area contributed by atoms with Gasteiger partial charge in [0, 0.05) is 25.6 Å². The number of aromatic nitrogens is 2. The van der Waals surface area contributed by atoms with Gasteiger partial charge in [0.25, 0.3) is 0 Å². The summed E-state index contributed by atoms with van der Waals surface area (Å²) < 4.78 is 6.87. The molecule has 108 valence electrons. The maximum absolute atomic E-state index is 12.1. The summed E-state index contributed by atoms with van der Waals surface area (Å²) in [6.45, 7) is 3.32. The van der Waals surface area contributed by atoms with Crippen molar-refractivity contribution in [3.05, 3.63) is 30.0 Å². The number of rotatable bonds is 7. The SMILES string of the molecule is CCn1nc(CC(=O)C(N)CCOC)c2ccccc21. The number of carbonyl (C=O) groups is 1. The van der Waals surface area contributed by atoms with Crippen LogP contribution in [0.3, 0.4) is 0 Å². The fourth-order valence-corrected chi connectivity index (χ4v) is 2.27. The van der Waals surface area contributed by atoms with E-state index in [4.69, 9.17) is 10.5 Å². The summed E-state index contributed by atoms with van der Waals surface area (Å²) in [5, 5.41) is 5.55. The molecule has 0 aliphatic carbocycles. The summed E-state index contributed by atoms with van der Waals surface area (Å²) in [5.74, 6) is 0.00792. The third kappa shape index (κ3) is 3.05. The molecule has 0 spiro atoms. The number of aryl methyl sites for hydroxylation is 1. The predicted octanol–water partition coefficient (Wildman–Crippen LogP) is 1.53. The molecule has 5 heteroatoms. The van der Waals surface area contributed by atoms with Crippen LogP contribution in [0.5, 0.6) is 0 Å². The fraction of sp³-hybridized carbons (Fsp3) is 0.467. The van der Waals surface area contributed by atoms with Gasteiger partial charge in [0.15, 0.2) is 5.78 Å². The van der Waals surface area contributed by atoms with Gasteiger partial charge in [-0.05, 0) is 19.4 Å². The largest absolute Gasteiger partial charge is 0.385 e. The number of para-hydroxylation sites is 1. The van der Waals surface area contributed by atoms with E-state index in [9.17, 15) is 4.79 Å². The van der Waals surface area contributed by atoms with Gasteiger partial charge < -0.3 is 10.5 Å². The van der Waals surface area contributed by atoms with Crippen molar-refractivity contribution in [2.45, 2.75) is 32.4 Å². The highest BCUT2D eigenvalue weighted by molar-refractivity contribution is 5.91. The highest BCUT2D eigenvalue weighted by Crippen LogP contribution is 2.19. The lowest BCUT2D eigenvalue weighted by Gasteiger charge is -2.08. The van der Waals surface area contributed by atoms with Crippen LogP contribution >= 0.6 is 0 Å². The van der Waals surface area contributed by atoms with Crippen molar-refractivity contribution in [3.63, 3.8) is 0 Å². The highest BCUT2D eigenvalue weighted by Gasteiger charge is 2.17. The van der Waals surface area contributed by atoms with Crippen molar-refractivity contribution in [1.29, 1.82) is 0 Å². The minimum atomic E-state index is -0.486. The molecule has 0 saturated carbocycles. The van der Waals surface area contributed by atoms with Crippen LogP contribution in [-0.4, -0.2) is 35.3 Å². The van der Waals surface area contributed by atoms with Crippen molar-refractivity contribution in [3.8, 4) is 0 Å². The molecule has 2 N–H and O–H groups in total. The zero-order valence-corrected chi connectivity index (χ0v) is 12.0. The Balaban J connectivity index is 2.19. The van der Waals surface area contributed by atoms with Gasteiger partial charge in [-0.2, -0.15) is 5.10 Å². The van der Waals surface area contributed by atoms with Crippen LogP contribution in [0, 0.1) is 0 Å². The minimum Gasteiger partial charge on any atom is -0.385 e. The molecule has 0 bridgehead atoms. The number of Topliss-reactive ketones (excluding diaryl/α,β-unsaturated/α-hetero) is 1. The normalized spacial score (nSPS) is 12.8. The molecular weight excluding hydrogens is 254 g/mol. The Kier molecular flexibility index (Phi) is 4.87. The molecule has 2 aromatic rings. The van der Waals surface area contributed by atoms with Gasteiger partial charge in [-0.15, -0.1) is 0 Å². The standard InChI is InChI=1S/C15H21N3O2/c1-3-18-14-7-5-4-6-11(14)13(17-18)10-15(19)12(16)8-9-20-2/h4-7,12H,3,8-10,16H2,1-2H3. The van der Waals surface area contributed by atoms with Gasteiger partial charge in [-0.25, -0.2) is 0 Å². The third-order valence-electron chi connectivity index (χ3n) is 3.42. The Morgan fingerprint density at radius 3 is 2.90 bits per heavy atom. The van der Waals surface area contributed by atoms with Crippen LogP contribution < -0.4 is 5.73 Å². The average molecular weight is 275 g/mol. The lowest BCUT2D eigenvalue weighted by Crippen LogP contribution is -2.33. The maximum atomic E-state index is 12.1. The number of benzene rings is 1. The van der Waals surface area contributed by atoms with E-state index in [0.717, 1.165) is 23.1 Å². The van der Waals surface area contributed by atoms with Gasteiger partial charge in [0.2, 0.25) is 0 Å². The summed E-state index contributed by atoms with van der Waals surface area (Å²) in [6, 6.07) is 7.47. The van der Waals surface area contributed by atoms with E-state index >= 15 is 0 Å². The van der Waals surface area contributed by atoms with Crippen LogP contribution in [-0.2, 0) is 22.5 Å². The zero-order valence-electron chi connectivity index (χ0n) is 12.0. The van der Waals surface area contributed by atoms with Gasteiger partial charge in [0.1, 0.15) is 0 Å². The quantitative estimate of drug-likeness (QED) is 0.832. The first kappa shape index (κ1) is 14.7. The van der Waals surface area contributed by atoms with Crippen LogP contribution in [0.25, 0.3) is 10.9 Å². The Morgan fingerprint density at radius 1 is 1.45 bits per heavy atom. The summed E-state index contributed by atoms with van der Waals surface area (Å²) in [4.78, 5) is 12.1. The lowest BCUT2D eigenvalue weighted by atomic mass is 10.0. The van der Waals surface area contributed by atoms with Crippen molar-refractivity contribution < 1.29 is 9.53 Å². The molecule has 5 nitrogen and oxygen atoms in total. The molecule has 20 heavy (non-hydrogen) atoms. The molecule has 0 amide bonds. The Hall–Kier alpha value is -1.72. The van der Waals surface area contributed by atoms with E-state index in [1.54, 1.807) is 7.11 Å². The van der Waals surface area contributed by atoms with E-state index < -0.39 is 6.04 Å². The number of fused-ring (bicyclic) bond motifs is 1. The number of carbonyl (C=O) groups excluding carboxylic acids is 1. The molecule has 0 saturated heterocycles. The van der Waals surface area contributed by atoms with Crippen LogP contribution in [0.2, 0.25) is 0 Å². The third-order valence-corrected chi connectivity index (χ3v) is 3.42. The zero-order chi connectivity index (χ0) is 14.5. The molecule has 1 atom stereocenters. The van der Waals surface area contributed by atoms with E-state index in [1.165, 1.54) is 0 Å². The highest BCUT2D eigenvalue weighted by atomic mass is 16.5. The predicted molar refractivity (Wildman–Crippen MR) is 78.6 cm³/mol. The fourth-order valence-electron chi connectivity index (χ4n) is 2.27. The van der Waals surface area contributed by atoms with Gasteiger partial charge in [0.05, 0.1) is 23.7 Å². The summed E-state index contributed by atoms with van der Waals surface area (Å²) >= 11 is 0. The van der Waals surface area contributed by atoms with Crippen LogP contribution in [0.4, 0.5) is 0 Å². The van der Waals surface area contributed by atoms with E-state index in [0.29, 0.717) is 13.0 Å². The Morgan fingerprint density at radius 2 is 2.20 bits per heavy atom. The first-order chi connectivity index (χ1) is 9.67. The first-order valence-corrected chi connectivity index (χ1v) is 6.89. The number of ether oxygens (including phenoxy) is 1. The van der Waals surface area contributed by atoms with Crippen molar-refractivity contribution in [2.24, 2.45) is 5.73 Å². The number of methoxy groups -OCH3 is 1. The Labute approximate surface area is 118 Å². The van der Waals surface area contributed by atoms with Crippen molar-refractivity contribution in [2.75, 3.05) is 13.7 Å². The smallest absolute Gasteiger partial charge is 0.155 e. The number of hydrogen-bond donors (Lipinski definition) is 1. The number of nitrogens with two attached hydrogens (primary N) is 1. The average Bonchev–Trinajstić information content (AvgIpc) is 2.83. The summed E-state index contributed by atoms with van der Waals surface area (Å²) in [5.41, 5.74) is 7.73. The molecule has 1 aromatic carbocycles. The minimum absolute atomic E-state index is 0.00792. The molecule has 1 aromatic heterocycles. The van der Waals surface area contributed by atoms with Gasteiger partial charge in [-0.1, -0.05) is 18.2 Å². The first-order valence-electron chi connectivity index (χ1n) is 6.89. The van der Waals surface area contributed by atoms with Gasteiger partial charge in [-0.3, -0.25) is 9.48 Å². The van der Waals surface area contributed by atoms with Crippen molar-refractivity contribution >= 4 is 16.7 Å². The van der Waals surface area contributed by atoms with Crippen LogP contribution in [0.1, 0.15) is 19.0 Å². The van der Waals surface area contributed by atoms with E-state index in [-0.39, 0.29) is 12.2 Å². The summed E-state index contributed by atoms with van der Waals surface area (Å²) in [6.07, 6.45) is 0.820. The second-order valence-electron chi connectivity index (χ2n) is 4.81. The molecule has 1 heterocycles. The number of nitrogens with zero attached hydrogens (tertiary/aromatic N) is 2. The second-order valence-corrected chi connectivity index (χ2v) is 4.81. The molecule has 0 aliphatic heterocycles. The van der Waals surface area contributed by atoms with Gasteiger partial charge >= 0.3 is 0 Å². The van der Waals surface area contributed by atoms with Crippen LogP contribution in [0.15, 0.2) is 24.3 Å². The number of ketones is 1. The van der Waals surface area contributed by atoms with E-state index in [1.807, 2.05) is 35.9 Å². The molecular formula is C15H21N3O2. The second kappa shape index (κ2) is 6.63. The summed E-state index contributed by atoms with van der Waals surface area (Å²) in [7, 11) is 1.60. The monoisotopic (exact) mass is 275 g/mol. The lowest BCUT2D eigenvalue weighted by molar-refractivity contribution is -0.120.